The lowest BCUT2D eigenvalue weighted by molar-refractivity contribution is -0.125. The first-order chi connectivity index (χ1) is 15.4. The van der Waals surface area contributed by atoms with Crippen LogP contribution in [0.4, 0.5) is 5.82 Å². The first-order valence-corrected chi connectivity index (χ1v) is 10.8. The van der Waals surface area contributed by atoms with E-state index in [0.717, 1.165) is 31.0 Å². The summed E-state index contributed by atoms with van der Waals surface area (Å²) >= 11 is 0. The summed E-state index contributed by atoms with van der Waals surface area (Å²) in [6.07, 6.45) is 5.08. The van der Waals surface area contributed by atoms with E-state index < -0.39 is 0 Å². The van der Waals surface area contributed by atoms with Gasteiger partial charge in [0.2, 0.25) is 5.91 Å². The Balaban J connectivity index is 1.47. The predicted molar refractivity (Wildman–Crippen MR) is 118 cm³/mol. The number of aromatic nitrogens is 4. The Morgan fingerprint density at radius 3 is 2.84 bits per heavy atom. The number of aryl methyl sites for hydroxylation is 2. The summed E-state index contributed by atoms with van der Waals surface area (Å²) in [5.41, 5.74) is 0.683. The van der Waals surface area contributed by atoms with Crippen molar-refractivity contribution in [1.29, 1.82) is 0 Å². The van der Waals surface area contributed by atoms with Crippen molar-refractivity contribution in [3.05, 3.63) is 42.0 Å². The van der Waals surface area contributed by atoms with Crippen LogP contribution in [0.5, 0.6) is 0 Å². The third kappa shape index (κ3) is 4.80. The van der Waals surface area contributed by atoms with E-state index in [1.165, 1.54) is 0 Å². The molecule has 0 aliphatic carbocycles. The molecular formula is C22H29N7O3. The van der Waals surface area contributed by atoms with Crippen molar-refractivity contribution in [2.75, 3.05) is 38.6 Å². The fourth-order valence-electron chi connectivity index (χ4n) is 4.00. The van der Waals surface area contributed by atoms with Gasteiger partial charge in [0.05, 0.1) is 18.2 Å². The van der Waals surface area contributed by atoms with Gasteiger partial charge in [0.15, 0.2) is 5.82 Å². The monoisotopic (exact) mass is 439 g/mol. The van der Waals surface area contributed by atoms with Gasteiger partial charge in [-0.3, -0.25) is 9.69 Å². The largest absolute Gasteiger partial charge is 0.468 e. The zero-order valence-corrected chi connectivity index (χ0v) is 18.9. The van der Waals surface area contributed by atoms with Crippen LogP contribution in [0.15, 0.2) is 33.5 Å². The maximum Gasteiger partial charge on any atom is 0.263 e. The fourth-order valence-corrected chi connectivity index (χ4v) is 4.00. The number of piperidine rings is 1. The molecule has 10 nitrogen and oxygen atoms in total. The second-order valence-corrected chi connectivity index (χ2v) is 8.33. The molecule has 3 aromatic heterocycles. The first kappa shape index (κ1) is 21.9. The number of hydrogen-bond donors (Lipinski definition) is 1. The van der Waals surface area contributed by atoms with E-state index in [2.05, 4.69) is 30.3 Å². The third-order valence-corrected chi connectivity index (χ3v) is 5.70. The van der Waals surface area contributed by atoms with Gasteiger partial charge in [-0.1, -0.05) is 5.16 Å². The van der Waals surface area contributed by atoms with Gasteiger partial charge < -0.3 is 19.2 Å². The molecule has 0 aromatic carbocycles. The lowest BCUT2D eigenvalue weighted by atomic mass is 9.96. The molecule has 2 atom stereocenters. The lowest BCUT2D eigenvalue weighted by Gasteiger charge is -2.34. The molecule has 0 spiro atoms. The Kier molecular flexibility index (Phi) is 6.50. The Morgan fingerprint density at radius 2 is 2.16 bits per heavy atom. The van der Waals surface area contributed by atoms with Crippen molar-refractivity contribution >= 4 is 11.7 Å². The molecule has 0 radical (unpaired) electrons. The molecule has 4 rings (SSSR count). The van der Waals surface area contributed by atoms with Gasteiger partial charge >= 0.3 is 0 Å². The Labute approximate surface area is 187 Å². The van der Waals surface area contributed by atoms with Crippen LogP contribution in [0.2, 0.25) is 0 Å². The number of furan rings is 1. The molecule has 2 unspecified atom stereocenters. The van der Waals surface area contributed by atoms with E-state index in [1.54, 1.807) is 19.4 Å². The highest BCUT2D eigenvalue weighted by Crippen LogP contribution is 2.31. The van der Waals surface area contributed by atoms with Crippen LogP contribution in [-0.2, 0) is 4.79 Å². The number of likely N-dealkylation sites (N-methyl/N-ethyl adjacent to an activating group) is 1. The van der Waals surface area contributed by atoms with Gasteiger partial charge in [-0.05, 0) is 52.9 Å². The second-order valence-electron chi connectivity index (χ2n) is 8.33. The molecule has 3 aromatic rings. The SMILES string of the molecule is Cc1noc(-c2cnc(C)nc2N2CCCC(C(=O)NCC(c3ccco3)N(C)C)C2)n1. The smallest absolute Gasteiger partial charge is 0.263 e. The molecule has 1 aliphatic heterocycles. The quantitative estimate of drug-likeness (QED) is 0.592. The molecular weight excluding hydrogens is 410 g/mol. The maximum absolute atomic E-state index is 13.0. The fraction of sp³-hybridized carbons (Fsp3) is 0.500. The highest BCUT2D eigenvalue weighted by atomic mass is 16.5. The summed E-state index contributed by atoms with van der Waals surface area (Å²) < 4.78 is 10.9. The number of hydrogen-bond acceptors (Lipinski definition) is 9. The molecule has 4 heterocycles. The number of amides is 1. The predicted octanol–water partition coefficient (Wildman–Crippen LogP) is 2.37. The summed E-state index contributed by atoms with van der Waals surface area (Å²) in [4.78, 5) is 30.5. The van der Waals surface area contributed by atoms with E-state index in [0.29, 0.717) is 36.2 Å². The average Bonchev–Trinajstić information content (AvgIpc) is 3.46. The van der Waals surface area contributed by atoms with Crippen LogP contribution in [0.1, 0.15) is 36.3 Å². The summed E-state index contributed by atoms with van der Waals surface area (Å²) in [7, 11) is 3.94. The highest BCUT2D eigenvalue weighted by Gasteiger charge is 2.30. The Hall–Kier alpha value is -3.27. The number of carbonyl (C=O) groups is 1. The van der Waals surface area contributed by atoms with Crippen molar-refractivity contribution in [2.45, 2.75) is 32.7 Å². The van der Waals surface area contributed by atoms with Crippen LogP contribution in [0, 0.1) is 19.8 Å². The van der Waals surface area contributed by atoms with Crippen molar-refractivity contribution < 1.29 is 13.7 Å². The van der Waals surface area contributed by atoms with Crippen LogP contribution >= 0.6 is 0 Å². The van der Waals surface area contributed by atoms with Crippen LogP contribution < -0.4 is 10.2 Å². The van der Waals surface area contributed by atoms with Crippen LogP contribution in [-0.4, -0.2) is 64.6 Å². The zero-order chi connectivity index (χ0) is 22.7. The lowest BCUT2D eigenvalue weighted by Crippen LogP contribution is -2.45. The van der Waals surface area contributed by atoms with Gasteiger partial charge in [-0.15, -0.1) is 0 Å². The van der Waals surface area contributed by atoms with Crippen molar-refractivity contribution in [2.24, 2.45) is 5.92 Å². The molecule has 170 valence electrons. The molecule has 1 aliphatic rings. The molecule has 32 heavy (non-hydrogen) atoms. The molecule has 0 saturated carbocycles. The normalized spacial score (nSPS) is 17.5. The molecule has 1 fully saturated rings. The van der Waals surface area contributed by atoms with Crippen molar-refractivity contribution in [3.8, 4) is 11.5 Å². The van der Waals surface area contributed by atoms with Crippen LogP contribution in [0.25, 0.3) is 11.5 Å². The van der Waals surface area contributed by atoms with E-state index in [4.69, 9.17) is 8.94 Å². The first-order valence-electron chi connectivity index (χ1n) is 10.8. The summed E-state index contributed by atoms with van der Waals surface area (Å²) in [5.74, 6) is 3.03. The second kappa shape index (κ2) is 9.47. The summed E-state index contributed by atoms with van der Waals surface area (Å²) in [6.45, 7) is 5.46. The Morgan fingerprint density at radius 1 is 1.31 bits per heavy atom. The van der Waals surface area contributed by atoms with Gasteiger partial charge in [-0.25, -0.2) is 9.97 Å². The third-order valence-electron chi connectivity index (χ3n) is 5.70. The van der Waals surface area contributed by atoms with Crippen LogP contribution in [0.3, 0.4) is 0 Å². The van der Waals surface area contributed by atoms with E-state index >= 15 is 0 Å². The molecule has 10 heteroatoms. The van der Waals surface area contributed by atoms with Crippen molar-refractivity contribution in [1.82, 2.24) is 30.3 Å². The number of carbonyl (C=O) groups excluding carboxylic acids is 1. The molecule has 1 amide bonds. The van der Waals surface area contributed by atoms with E-state index in [1.807, 2.05) is 38.1 Å². The molecule has 1 N–H and O–H groups in total. The molecule has 0 bridgehead atoms. The maximum atomic E-state index is 13.0. The van der Waals surface area contributed by atoms with Crippen molar-refractivity contribution in [3.63, 3.8) is 0 Å². The zero-order valence-electron chi connectivity index (χ0n) is 18.9. The minimum atomic E-state index is -0.143. The number of rotatable bonds is 7. The topological polar surface area (TPSA) is 113 Å². The van der Waals surface area contributed by atoms with Gasteiger partial charge in [0.1, 0.15) is 23.0 Å². The van der Waals surface area contributed by atoms with E-state index in [9.17, 15) is 4.79 Å². The summed E-state index contributed by atoms with van der Waals surface area (Å²) in [6, 6.07) is 3.77. The summed E-state index contributed by atoms with van der Waals surface area (Å²) in [5, 5.41) is 7.00. The Bertz CT molecular complexity index is 1050. The van der Waals surface area contributed by atoms with E-state index in [-0.39, 0.29) is 17.9 Å². The number of nitrogens with zero attached hydrogens (tertiary/aromatic N) is 6. The molecule has 1 saturated heterocycles. The van der Waals surface area contributed by atoms with Gasteiger partial charge in [0, 0.05) is 25.8 Å². The minimum absolute atomic E-state index is 0.0227. The number of anilines is 1. The number of nitrogens with one attached hydrogen (secondary N) is 1. The standard InChI is InChI=1S/C22H29N7O3/c1-14-23-11-17(22-26-15(2)27-32-22)20(25-14)29-9-5-7-16(13-29)21(30)24-12-18(28(3)4)19-8-6-10-31-19/h6,8,10-11,16,18H,5,7,9,12-13H2,1-4H3,(H,24,30). The minimum Gasteiger partial charge on any atom is -0.468 e. The average molecular weight is 440 g/mol. The van der Waals surface area contributed by atoms with Gasteiger partial charge in [-0.2, -0.15) is 4.98 Å². The highest BCUT2D eigenvalue weighted by molar-refractivity contribution is 5.80. The van der Waals surface area contributed by atoms with Gasteiger partial charge in [0.25, 0.3) is 5.89 Å².